The molecule has 0 aliphatic carbocycles. The first kappa shape index (κ1) is 30.3. The van der Waals surface area contributed by atoms with Crippen LogP contribution in [-0.2, 0) is 0 Å². The lowest BCUT2D eigenvalue weighted by atomic mass is 10.0. The highest BCUT2D eigenvalue weighted by atomic mass is 127. The molecule has 5 aromatic rings. The highest BCUT2D eigenvalue weighted by Crippen LogP contribution is 2.22. The number of alkyl halides is 1. The van der Waals surface area contributed by atoms with Crippen LogP contribution >= 0.6 is 22.6 Å². The second-order valence-corrected chi connectivity index (χ2v) is 11.1. The first-order valence-corrected chi connectivity index (χ1v) is 15.8. The molecule has 0 N–H and O–H groups in total. The Bertz CT molecular complexity index is 2020. The average Bonchev–Trinajstić information content (AvgIpc) is 3.06. The Labute approximate surface area is 274 Å². The first-order valence-electron chi connectivity index (χ1n) is 14.3. The summed E-state index contributed by atoms with van der Waals surface area (Å²) in [7, 11) is 0. The number of ether oxygens (including phenoxy) is 1. The summed E-state index contributed by atoms with van der Waals surface area (Å²) in [5.74, 6) is 27.3. The van der Waals surface area contributed by atoms with Gasteiger partial charge in [-0.15, -0.1) is 0 Å². The molecular formula is C42H29IO. The fraction of sp³-hybridized carbons (Fsp3) is 0.0952. The second-order valence-electron chi connectivity index (χ2n) is 10.0. The van der Waals surface area contributed by atoms with Crippen LogP contribution in [-0.4, -0.2) is 11.0 Å². The lowest BCUT2D eigenvalue weighted by molar-refractivity contribution is 0.345. The summed E-state index contributed by atoms with van der Waals surface area (Å²) >= 11 is 2.31. The van der Waals surface area contributed by atoms with Crippen molar-refractivity contribution in [2.45, 2.75) is 13.8 Å². The van der Waals surface area contributed by atoms with Gasteiger partial charge in [-0.3, -0.25) is 0 Å². The monoisotopic (exact) mass is 676 g/mol. The van der Waals surface area contributed by atoms with E-state index in [-0.39, 0.29) is 0 Å². The lowest BCUT2D eigenvalue weighted by Gasteiger charge is -2.08. The van der Waals surface area contributed by atoms with E-state index in [9.17, 15) is 0 Å². The molecule has 0 amide bonds. The Balaban J connectivity index is 1.51. The summed E-state index contributed by atoms with van der Waals surface area (Å²) in [5, 5.41) is 0. The Morgan fingerprint density at radius 3 is 1.34 bits per heavy atom. The Morgan fingerprint density at radius 2 is 0.864 bits per heavy atom. The van der Waals surface area contributed by atoms with E-state index in [0.29, 0.717) is 6.61 Å². The van der Waals surface area contributed by atoms with Gasteiger partial charge in [0.25, 0.3) is 0 Å². The molecule has 2 heteroatoms. The Hall–Kier alpha value is -5.13. The molecule has 0 fully saturated rings. The van der Waals surface area contributed by atoms with Crippen molar-refractivity contribution in [2.24, 2.45) is 0 Å². The number of aryl methyl sites for hydroxylation is 2. The molecule has 0 aliphatic rings. The van der Waals surface area contributed by atoms with E-state index in [0.717, 1.165) is 54.7 Å². The van der Waals surface area contributed by atoms with Crippen molar-refractivity contribution in [1.29, 1.82) is 0 Å². The quantitative estimate of drug-likeness (QED) is 0.106. The predicted molar refractivity (Wildman–Crippen MR) is 190 cm³/mol. The fourth-order valence-corrected chi connectivity index (χ4v) is 4.47. The van der Waals surface area contributed by atoms with E-state index in [1.165, 1.54) is 11.1 Å². The smallest absolute Gasteiger partial charge is 0.136 e. The van der Waals surface area contributed by atoms with Gasteiger partial charge in [-0.2, -0.15) is 0 Å². The van der Waals surface area contributed by atoms with E-state index < -0.39 is 0 Å². The SMILES string of the molecule is Cc1ccc(C#Cc2ccccc2C#Cc2cccc(OCCI)c2C#Cc2ccccc2C#Cc2ccc(C)cc2)cc1. The number of hydrogen-bond donors (Lipinski definition) is 0. The molecule has 0 saturated carbocycles. The maximum atomic E-state index is 6.10. The van der Waals surface area contributed by atoms with Crippen LogP contribution in [0.25, 0.3) is 0 Å². The third-order valence-corrected chi connectivity index (χ3v) is 7.10. The zero-order chi connectivity index (χ0) is 30.6. The zero-order valence-electron chi connectivity index (χ0n) is 24.7. The van der Waals surface area contributed by atoms with Crippen molar-refractivity contribution in [2.75, 3.05) is 11.0 Å². The number of hydrogen-bond acceptors (Lipinski definition) is 1. The molecule has 0 atom stereocenters. The normalized spacial score (nSPS) is 9.61. The highest BCUT2D eigenvalue weighted by Gasteiger charge is 2.07. The van der Waals surface area contributed by atoms with Crippen LogP contribution in [0.5, 0.6) is 5.75 Å². The van der Waals surface area contributed by atoms with Gasteiger partial charge in [0.2, 0.25) is 0 Å². The van der Waals surface area contributed by atoms with E-state index in [1.54, 1.807) is 0 Å². The first-order chi connectivity index (χ1) is 21.6. The molecule has 0 spiro atoms. The van der Waals surface area contributed by atoms with E-state index in [4.69, 9.17) is 4.74 Å². The van der Waals surface area contributed by atoms with Gasteiger partial charge in [0.05, 0.1) is 12.2 Å². The van der Waals surface area contributed by atoms with Crippen molar-refractivity contribution in [1.82, 2.24) is 0 Å². The van der Waals surface area contributed by atoms with Gasteiger partial charge >= 0.3 is 0 Å². The van der Waals surface area contributed by atoms with Gasteiger partial charge in [0.1, 0.15) is 5.75 Å². The summed E-state index contributed by atoms with van der Waals surface area (Å²) in [6.45, 7) is 4.73. The standard InChI is InChI=1S/C42H29IO/c1-32-14-18-34(19-15-32)22-24-36-8-3-5-10-38(36)26-27-40-12-7-13-42(44-31-30-43)41(40)29-28-39-11-6-4-9-37(39)25-23-35-20-16-33(2)17-21-35/h3-21H,30-31H2,1-2H3. The molecule has 5 aromatic carbocycles. The van der Waals surface area contributed by atoms with Gasteiger partial charge in [-0.1, -0.05) is 136 Å². The summed E-state index contributed by atoms with van der Waals surface area (Å²) in [5.41, 5.74) is 9.39. The van der Waals surface area contributed by atoms with Gasteiger partial charge < -0.3 is 4.74 Å². The minimum absolute atomic E-state index is 0.585. The molecule has 0 radical (unpaired) electrons. The topological polar surface area (TPSA) is 9.23 Å². The van der Waals surface area contributed by atoms with Crippen LogP contribution in [0.4, 0.5) is 0 Å². The molecule has 210 valence electrons. The second kappa shape index (κ2) is 15.4. The molecule has 0 aliphatic heterocycles. The molecule has 0 aromatic heterocycles. The summed E-state index contributed by atoms with van der Waals surface area (Å²) < 4.78 is 6.97. The number of benzene rings is 5. The van der Waals surface area contributed by atoms with Crippen LogP contribution in [0, 0.1) is 61.2 Å². The minimum Gasteiger partial charge on any atom is -0.491 e. The van der Waals surface area contributed by atoms with Crippen LogP contribution in [0.15, 0.2) is 115 Å². The summed E-state index contributed by atoms with van der Waals surface area (Å²) in [6, 6.07) is 38.2. The molecule has 0 unspecified atom stereocenters. The highest BCUT2D eigenvalue weighted by molar-refractivity contribution is 14.1. The maximum Gasteiger partial charge on any atom is 0.136 e. The Kier molecular flexibility index (Phi) is 10.6. The number of rotatable bonds is 3. The fourth-order valence-electron chi connectivity index (χ4n) is 4.25. The van der Waals surface area contributed by atoms with Crippen LogP contribution in [0.2, 0.25) is 0 Å². The molecule has 5 rings (SSSR count). The molecule has 0 heterocycles. The third kappa shape index (κ3) is 8.46. The van der Waals surface area contributed by atoms with Gasteiger partial charge in [-0.25, -0.2) is 0 Å². The van der Waals surface area contributed by atoms with E-state index in [1.807, 2.05) is 91.0 Å². The van der Waals surface area contributed by atoms with Crippen LogP contribution < -0.4 is 4.74 Å². The van der Waals surface area contributed by atoms with Gasteiger partial charge in [0.15, 0.2) is 0 Å². The molecule has 1 nitrogen and oxygen atoms in total. The predicted octanol–water partition coefficient (Wildman–Crippen LogP) is 8.72. The summed E-state index contributed by atoms with van der Waals surface area (Å²) in [6.07, 6.45) is 0. The maximum absolute atomic E-state index is 6.10. The largest absolute Gasteiger partial charge is 0.491 e. The Morgan fingerprint density at radius 1 is 0.455 bits per heavy atom. The van der Waals surface area contributed by atoms with Crippen LogP contribution in [0.3, 0.4) is 0 Å². The van der Waals surface area contributed by atoms with Crippen molar-refractivity contribution in [3.63, 3.8) is 0 Å². The zero-order valence-corrected chi connectivity index (χ0v) is 26.8. The van der Waals surface area contributed by atoms with E-state index in [2.05, 4.69) is 108 Å². The molecule has 44 heavy (non-hydrogen) atoms. The third-order valence-electron chi connectivity index (χ3n) is 6.66. The molecule has 0 saturated heterocycles. The summed E-state index contributed by atoms with van der Waals surface area (Å²) in [4.78, 5) is 0. The van der Waals surface area contributed by atoms with Crippen molar-refractivity contribution in [3.8, 4) is 53.1 Å². The van der Waals surface area contributed by atoms with Gasteiger partial charge in [-0.05, 0) is 74.5 Å². The van der Waals surface area contributed by atoms with Gasteiger partial charge in [0, 0.05) is 43.4 Å². The number of halogens is 1. The average molecular weight is 677 g/mol. The molecular weight excluding hydrogens is 647 g/mol. The molecule has 0 bridgehead atoms. The minimum atomic E-state index is 0.585. The van der Waals surface area contributed by atoms with Crippen molar-refractivity contribution >= 4 is 22.6 Å². The lowest BCUT2D eigenvalue weighted by Crippen LogP contribution is -2.01. The van der Waals surface area contributed by atoms with Crippen LogP contribution in [0.1, 0.15) is 55.6 Å². The van der Waals surface area contributed by atoms with E-state index >= 15 is 0 Å². The van der Waals surface area contributed by atoms with Crippen molar-refractivity contribution in [3.05, 3.63) is 171 Å². The van der Waals surface area contributed by atoms with Crippen molar-refractivity contribution < 1.29 is 4.74 Å².